The first kappa shape index (κ1) is 17.2. The maximum absolute atomic E-state index is 12.8. The molecular formula is C18H15ClN6O2. The van der Waals surface area contributed by atoms with Crippen molar-refractivity contribution in [2.45, 2.75) is 19.4 Å². The molecule has 1 atom stereocenters. The van der Waals surface area contributed by atoms with Crippen molar-refractivity contribution < 1.29 is 9.59 Å². The predicted molar refractivity (Wildman–Crippen MR) is 100 cm³/mol. The van der Waals surface area contributed by atoms with Crippen LogP contribution in [0.3, 0.4) is 0 Å². The SMILES string of the molecule is Cc1ccc(NC(=O)C2CC(=O)Nc3nc(-c4cccnc4)nn32)c(Cl)c1. The van der Waals surface area contributed by atoms with Gasteiger partial charge in [-0.2, -0.15) is 4.98 Å². The lowest BCUT2D eigenvalue weighted by molar-refractivity contribution is -0.125. The molecule has 8 nitrogen and oxygen atoms in total. The Balaban J connectivity index is 1.65. The van der Waals surface area contributed by atoms with Gasteiger partial charge in [0.05, 0.1) is 17.1 Å². The summed E-state index contributed by atoms with van der Waals surface area (Å²) in [5.74, 6) is -0.0889. The van der Waals surface area contributed by atoms with Crippen LogP contribution in [-0.4, -0.2) is 31.6 Å². The number of benzene rings is 1. The molecular weight excluding hydrogens is 368 g/mol. The zero-order valence-corrected chi connectivity index (χ0v) is 15.1. The molecule has 2 N–H and O–H groups in total. The molecule has 4 rings (SSSR count). The molecule has 27 heavy (non-hydrogen) atoms. The monoisotopic (exact) mass is 382 g/mol. The van der Waals surface area contributed by atoms with Gasteiger partial charge < -0.3 is 5.32 Å². The first-order chi connectivity index (χ1) is 13.0. The predicted octanol–water partition coefficient (Wildman–Crippen LogP) is 2.82. The Labute approximate surface area is 159 Å². The van der Waals surface area contributed by atoms with Crippen LogP contribution in [0.4, 0.5) is 11.6 Å². The van der Waals surface area contributed by atoms with Crippen LogP contribution in [-0.2, 0) is 9.59 Å². The third-order valence-electron chi connectivity index (χ3n) is 4.16. The second-order valence-electron chi connectivity index (χ2n) is 6.19. The normalized spacial score (nSPS) is 15.8. The van der Waals surface area contributed by atoms with Crippen molar-refractivity contribution >= 4 is 35.1 Å². The highest BCUT2D eigenvalue weighted by Crippen LogP contribution is 2.29. The van der Waals surface area contributed by atoms with Gasteiger partial charge in [-0.15, -0.1) is 5.10 Å². The highest BCUT2D eigenvalue weighted by molar-refractivity contribution is 6.33. The number of aryl methyl sites for hydroxylation is 1. The number of aromatic nitrogens is 4. The summed E-state index contributed by atoms with van der Waals surface area (Å²) in [6.45, 7) is 1.91. The fourth-order valence-corrected chi connectivity index (χ4v) is 3.10. The van der Waals surface area contributed by atoms with E-state index in [0.29, 0.717) is 22.1 Å². The number of pyridine rings is 1. The Bertz CT molecular complexity index is 1030. The summed E-state index contributed by atoms with van der Waals surface area (Å²) < 4.78 is 1.42. The van der Waals surface area contributed by atoms with Crippen LogP contribution in [0.5, 0.6) is 0 Å². The third kappa shape index (κ3) is 3.39. The molecule has 136 valence electrons. The number of nitrogens with one attached hydrogen (secondary N) is 2. The first-order valence-electron chi connectivity index (χ1n) is 8.25. The molecule has 3 aromatic rings. The van der Waals surface area contributed by atoms with E-state index < -0.39 is 6.04 Å². The van der Waals surface area contributed by atoms with Crippen molar-refractivity contribution in [3.8, 4) is 11.4 Å². The van der Waals surface area contributed by atoms with Crippen LogP contribution < -0.4 is 10.6 Å². The summed E-state index contributed by atoms with van der Waals surface area (Å²) in [6.07, 6.45) is 3.21. The van der Waals surface area contributed by atoms with Gasteiger partial charge in [0.1, 0.15) is 6.04 Å². The molecule has 1 aliphatic heterocycles. The van der Waals surface area contributed by atoms with E-state index in [1.165, 1.54) is 4.68 Å². The Morgan fingerprint density at radius 3 is 2.96 bits per heavy atom. The summed E-state index contributed by atoms with van der Waals surface area (Å²) in [5, 5.41) is 10.2. The molecule has 1 aromatic carbocycles. The zero-order valence-electron chi connectivity index (χ0n) is 14.3. The average Bonchev–Trinajstić information content (AvgIpc) is 3.08. The van der Waals surface area contributed by atoms with E-state index in [4.69, 9.17) is 11.6 Å². The number of fused-ring (bicyclic) bond motifs is 1. The number of halogens is 1. The van der Waals surface area contributed by atoms with E-state index in [2.05, 4.69) is 25.7 Å². The lowest BCUT2D eigenvalue weighted by Gasteiger charge is -2.22. The summed E-state index contributed by atoms with van der Waals surface area (Å²) in [6, 6.07) is 8.06. The van der Waals surface area contributed by atoms with Gasteiger partial charge in [0.25, 0.3) is 0 Å². The quantitative estimate of drug-likeness (QED) is 0.725. The van der Waals surface area contributed by atoms with E-state index in [0.717, 1.165) is 5.56 Å². The Morgan fingerprint density at radius 2 is 2.22 bits per heavy atom. The molecule has 1 aliphatic rings. The molecule has 0 radical (unpaired) electrons. The van der Waals surface area contributed by atoms with Crippen LogP contribution in [0.2, 0.25) is 5.02 Å². The minimum absolute atomic E-state index is 0.0435. The van der Waals surface area contributed by atoms with Gasteiger partial charge in [0.15, 0.2) is 5.82 Å². The number of amides is 2. The maximum Gasteiger partial charge on any atom is 0.249 e. The minimum Gasteiger partial charge on any atom is -0.323 e. The van der Waals surface area contributed by atoms with Gasteiger partial charge in [-0.1, -0.05) is 17.7 Å². The molecule has 0 bridgehead atoms. The van der Waals surface area contributed by atoms with Crippen molar-refractivity contribution in [2.24, 2.45) is 0 Å². The number of rotatable bonds is 3. The van der Waals surface area contributed by atoms with Crippen molar-refractivity contribution in [3.05, 3.63) is 53.3 Å². The van der Waals surface area contributed by atoms with Crippen LogP contribution in [0.25, 0.3) is 11.4 Å². The molecule has 2 amide bonds. The van der Waals surface area contributed by atoms with Crippen molar-refractivity contribution in [1.29, 1.82) is 0 Å². The lowest BCUT2D eigenvalue weighted by atomic mass is 10.1. The van der Waals surface area contributed by atoms with Gasteiger partial charge in [0.2, 0.25) is 17.8 Å². The van der Waals surface area contributed by atoms with E-state index in [-0.39, 0.29) is 24.2 Å². The van der Waals surface area contributed by atoms with Crippen LogP contribution in [0, 0.1) is 6.92 Å². The van der Waals surface area contributed by atoms with Gasteiger partial charge in [-0.05, 0) is 36.8 Å². The molecule has 0 saturated heterocycles. The van der Waals surface area contributed by atoms with E-state index >= 15 is 0 Å². The standard InChI is InChI=1S/C18H15ClN6O2/c1-10-4-5-13(12(19)7-10)21-17(27)14-8-15(26)22-18-23-16(24-25(14)18)11-3-2-6-20-9-11/h2-7,9,14H,8H2,1H3,(H,21,27)(H,22,23,24,26). The number of hydrogen-bond acceptors (Lipinski definition) is 5. The molecule has 9 heteroatoms. The summed E-state index contributed by atoms with van der Waals surface area (Å²) in [4.78, 5) is 33.2. The Morgan fingerprint density at radius 1 is 1.37 bits per heavy atom. The number of hydrogen-bond donors (Lipinski definition) is 2. The van der Waals surface area contributed by atoms with Gasteiger partial charge in [-0.3, -0.25) is 19.9 Å². The zero-order chi connectivity index (χ0) is 19.0. The number of nitrogens with zero attached hydrogens (tertiary/aromatic N) is 4. The van der Waals surface area contributed by atoms with E-state index in [1.807, 2.05) is 13.0 Å². The van der Waals surface area contributed by atoms with E-state index in [9.17, 15) is 9.59 Å². The Kier molecular flexibility index (Phi) is 4.33. The molecule has 1 unspecified atom stereocenters. The summed E-state index contributed by atoms with van der Waals surface area (Å²) >= 11 is 6.19. The summed E-state index contributed by atoms with van der Waals surface area (Å²) in [5.41, 5.74) is 2.15. The number of anilines is 2. The number of carbonyl (C=O) groups is 2. The lowest BCUT2D eigenvalue weighted by Crippen LogP contribution is -2.36. The van der Waals surface area contributed by atoms with Crippen LogP contribution in [0.15, 0.2) is 42.7 Å². The highest BCUT2D eigenvalue weighted by atomic mass is 35.5. The molecule has 0 aliphatic carbocycles. The average molecular weight is 383 g/mol. The van der Waals surface area contributed by atoms with Gasteiger partial charge in [0, 0.05) is 18.0 Å². The van der Waals surface area contributed by atoms with Gasteiger partial charge >= 0.3 is 0 Å². The smallest absolute Gasteiger partial charge is 0.249 e. The molecule has 0 saturated carbocycles. The minimum atomic E-state index is -0.830. The fourth-order valence-electron chi connectivity index (χ4n) is 2.82. The summed E-state index contributed by atoms with van der Waals surface area (Å²) in [7, 11) is 0. The van der Waals surface area contributed by atoms with E-state index in [1.54, 1.807) is 36.7 Å². The van der Waals surface area contributed by atoms with Crippen molar-refractivity contribution in [3.63, 3.8) is 0 Å². The molecule has 2 aromatic heterocycles. The third-order valence-corrected chi connectivity index (χ3v) is 4.47. The fraction of sp³-hybridized carbons (Fsp3) is 0.167. The number of carbonyl (C=O) groups excluding carboxylic acids is 2. The van der Waals surface area contributed by atoms with Crippen molar-refractivity contribution in [2.75, 3.05) is 10.6 Å². The first-order valence-corrected chi connectivity index (χ1v) is 8.63. The molecule has 0 spiro atoms. The van der Waals surface area contributed by atoms with Crippen LogP contribution >= 0.6 is 11.6 Å². The highest BCUT2D eigenvalue weighted by Gasteiger charge is 2.33. The largest absolute Gasteiger partial charge is 0.323 e. The molecule has 0 fully saturated rings. The second kappa shape index (κ2) is 6.81. The molecule has 3 heterocycles. The van der Waals surface area contributed by atoms with Crippen LogP contribution in [0.1, 0.15) is 18.0 Å². The van der Waals surface area contributed by atoms with Gasteiger partial charge in [-0.25, -0.2) is 4.68 Å². The second-order valence-corrected chi connectivity index (χ2v) is 6.59. The van der Waals surface area contributed by atoms with Crippen molar-refractivity contribution in [1.82, 2.24) is 19.7 Å². The Hall–Kier alpha value is -3.26. The maximum atomic E-state index is 12.8. The topological polar surface area (TPSA) is 102 Å².